The third kappa shape index (κ3) is 8.00. The highest BCUT2D eigenvalue weighted by Crippen LogP contribution is 2.33. The fourth-order valence-electron chi connectivity index (χ4n) is 4.35. The number of nitrogens with zero attached hydrogens (tertiary/aromatic N) is 2. The van der Waals surface area contributed by atoms with E-state index in [0.717, 1.165) is 9.87 Å². The summed E-state index contributed by atoms with van der Waals surface area (Å²) < 4.78 is 39.8. The molecule has 10 heteroatoms. The molecule has 0 aliphatic carbocycles. The molecule has 0 unspecified atom stereocenters. The van der Waals surface area contributed by atoms with Crippen molar-refractivity contribution < 1.29 is 27.5 Å². The van der Waals surface area contributed by atoms with Crippen molar-refractivity contribution in [3.05, 3.63) is 84.4 Å². The van der Waals surface area contributed by atoms with Crippen molar-refractivity contribution in [2.24, 2.45) is 5.92 Å². The van der Waals surface area contributed by atoms with Crippen LogP contribution in [0.1, 0.15) is 32.8 Å². The number of sulfonamides is 1. The Bertz CT molecular complexity index is 1390. The Labute approximate surface area is 243 Å². The lowest BCUT2D eigenvalue weighted by atomic mass is 10.1. The maximum absolute atomic E-state index is 14.1. The maximum atomic E-state index is 14.1. The van der Waals surface area contributed by atoms with Crippen LogP contribution in [-0.4, -0.2) is 58.5 Å². The molecule has 0 heterocycles. The van der Waals surface area contributed by atoms with Gasteiger partial charge in [0, 0.05) is 13.1 Å². The van der Waals surface area contributed by atoms with E-state index >= 15 is 0 Å². The average molecular weight is 582 g/mol. The zero-order valence-electron chi connectivity index (χ0n) is 24.2. The maximum Gasteiger partial charge on any atom is 0.264 e. The standard InChI is InChI=1S/C31H39N3O6S/c1-6-27(31(36)32-20-23(2)3)33(21-24-12-8-7-9-13-24)30(35)22-34(28-14-10-11-15-29(28)40-5)41(37,38)26-18-16-25(39-4)17-19-26/h7-19,23,27H,6,20-22H2,1-5H3,(H,32,36)/t27-/m0/s1. The van der Waals surface area contributed by atoms with Crippen molar-refractivity contribution in [2.75, 3.05) is 31.6 Å². The van der Waals surface area contributed by atoms with Crippen molar-refractivity contribution in [3.8, 4) is 11.5 Å². The van der Waals surface area contributed by atoms with Gasteiger partial charge in [0.15, 0.2) is 0 Å². The second-order valence-electron chi connectivity index (χ2n) is 9.93. The Morgan fingerprint density at radius 1 is 0.878 bits per heavy atom. The van der Waals surface area contributed by atoms with Gasteiger partial charge >= 0.3 is 0 Å². The summed E-state index contributed by atoms with van der Waals surface area (Å²) >= 11 is 0. The molecule has 0 radical (unpaired) electrons. The largest absolute Gasteiger partial charge is 0.497 e. The van der Waals surface area contributed by atoms with Crippen molar-refractivity contribution >= 4 is 27.5 Å². The summed E-state index contributed by atoms with van der Waals surface area (Å²) in [6.07, 6.45) is 0.350. The molecule has 41 heavy (non-hydrogen) atoms. The fraction of sp³-hybridized carbons (Fsp3) is 0.355. The average Bonchev–Trinajstić information content (AvgIpc) is 2.99. The lowest BCUT2D eigenvalue weighted by Crippen LogP contribution is -2.52. The number of methoxy groups -OCH3 is 2. The predicted molar refractivity (Wildman–Crippen MR) is 159 cm³/mol. The number of benzene rings is 3. The summed E-state index contributed by atoms with van der Waals surface area (Å²) in [5.74, 6) is 0.200. The van der Waals surface area contributed by atoms with Crippen LogP contribution in [-0.2, 0) is 26.2 Å². The van der Waals surface area contributed by atoms with Gasteiger partial charge in [-0.3, -0.25) is 13.9 Å². The third-order valence-corrected chi connectivity index (χ3v) is 8.32. The van der Waals surface area contributed by atoms with E-state index in [9.17, 15) is 18.0 Å². The van der Waals surface area contributed by atoms with Crippen molar-refractivity contribution in [1.29, 1.82) is 0 Å². The van der Waals surface area contributed by atoms with Gasteiger partial charge in [0.1, 0.15) is 24.1 Å². The Kier molecular flexibility index (Phi) is 11.2. The molecule has 0 fully saturated rings. The Balaban J connectivity index is 2.07. The summed E-state index contributed by atoms with van der Waals surface area (Å²) in [4.78, 5) is 28.8. The minimum Gasteiger partial charge on any atom is -0.497 e. The first-order valence-electron chi connectivity index (χ1n) is 13.5. The van der Waals surface area contributed by atoms with Crippen LogP contribution in [0.3, 0.4) is 0 Å². The minimum absolute atomic E-state index is 0.0201. The second-order valence-corrected chi connectivity index (χ2v) is 11.8. The van der Waals surface area contributed by atoms with E-state index in [1.807, 2.05) is 51.1 Å². The summed E-state index contributed by atoms with van der Waals surface area (Å²) in [7, 11) is -1.31. The van der Waals surface area contributed by atoms with E-state index < -0.39 is 28.5 Å². The van der Waals surface area contributed by atoms with Gasteiger partial charge in [-0.1, -0.05) is 63.2 Å². The van der Waals surface area contributed by atoms with Crippen LogP contribution < -0.4 is 19.1 Å². The second kappa shape index (κ2) is 14.5. The molecule has 3 aromatic carbocycles. The van der Waals surface area contributed by atoms with Gasteiger partial charge in [0.2, 0.25) is 11.8 Å². The zero-order chi connectivity index (χ0) is 30.0. The van der Waals surface area contributed by atoms with Crippen LogP contribution >= 0.6 is 0 Å². The highest BCUT2D eigenvalue weighted by Gasteiger charge is 2.34. The molecule has 9 nitrogen and oxygen atoms in total. The summed E-state index contributed by atoms with van der Waals surface area (Å²) in [5, 5.41) is 2.93. The molecule has 0 saturated carbocycles. The lowest BCUT2D eigenvalue weighted by Gasteiger charge is -2.33. The number of anilines is 1. The first-order valence-corrected chi connectivity index (χ1v) is 15.0. The molecule has 3 aromatic rings. The molecule has 0 aromatic heterocycles. The van der Waals surface area contributed by atoms with E-state index in [1.54, 1.807) is 36.4 Å². The van der Waals surface area contributed by atoms with Crippen LogP contribution in [0.4, 0.5) is 5.69 Å². The molecule has 1 atom stereocenters. The van der Waals surface area contributed by atoms with Gasteiger partial charge < -0.3 is 19.7 Å². The Morgan fingerprint density at radius 2 is 1.51 bits per heavy atom. The van der Waals surface area contributed by atoms with Crippen LogP contribution in [0.25, 0.3) is 0 Å². The van der Waals surface area contributed by atoms with E-state index in [0.29, 0.717) is 18.7 Å². The van der Waals surface area contributed by atoms with Gasteiger partial charge in [-0.15, -0.1) is 0 Å². The van der Waals surface area contributed by atoms with Crippen molar-refractivity contribution in [1.82, 2.24) is 10.2 Å². The van der Waals surface area contributed by atoms with E-state index in [1.165, 1.54) is 31.3 Å². The zero-order valence-corrected chi connectivity index (χ0v) is 25.1. The number of nitrogens with one attached hydrogen (secondary N) is 1. The highest BCUT2D eigenvalue weighted by atomic mass is 32.2. The van der Waals surface area contributed by atoms with Gasteiger partial charge in [-0.25, -0.2) is 8.42 Å². The number of carbonyl (C=O) groups excluding carboxylic acids is 2. The number of amides is 2. The van der Waals surface area contributed by atoms with E-state index in [2.05, 4.69) is 5.32 Å². The number of hydrogen-bond acceptors (Lipinski definition) is 6. The van der Waals surface area contributed by atoms with E-state index in [-0.39, 0.29) is 34.7 Å². The highest BCUT2D eigenvalue weighted by molar-refractivity contribution is 7.92. The lowest BCUT2D eigenvalue weighted by molar-refractivity contribution is -0.140. The SMILES string of the molecule is CC[C@@H](C(=O)NCC(C)C)N(Cc1ccccc1)C(=O)CN(c1ccccc1OC)S(=O)(=O)c1ccc(OC)cc1. The van der Waals surface area contributed by atoms with Gasteiger partial charge in [0.25, 0.3) is 10.0 Å². The molecular formula is C31H39N3O6S. The normalized spacial score (nSPS) is 12.0. The summed E-state index contributed by atoms with van der Waals surface area (Å²) in [5.41, 5.74) is 1.02. The molecule has 1 N–H and O–H groups in total. The first-order chi connectivity index (χ1) is 19.6. The minimum atomic E-state index is -4.24. The molecule has 2 amide bonds. The van der Waals surface area contributed by atoms with Crippen LogP contribution in [0, 0.1) is 5.92 Å². The predicted octanol–water partition coefficient (Wildman–Crippen LogP) is 4.48. The monoisotopic (exact) mass is 581 g/mol. The molecule has 0 spiro atoms. The number of para-hydroxylation sites is 2. The third-order valence-electron chi connectivity index (χ3n) is 6.55. The van der Waals surface area contributed by atoms with Gasteiger partial charge in [0.05, 0.1) is 24.8 Å². The van der Waals surface area contributed by atoms with Gasteiger partial charge in [-0.2, -0.15) is 0 Å². The van der Waals surface area contributed by atoms with Crippen LogP contribution in [0.15, 0.2) is 83.8 Å². The number of carbonyl (C=O) groups is 2. The van der Waals surface area contributed by atoms with Crippen LogP contribution in [0.5, 0.6) is 11.5 Å². The van der Waals surface area contributed by atoms with E-state index in [4.69, 9.17) is 9.47 Å². The Hall–Kier alpha value is -4.05. The Morgan fingerprint density at radius 3 is 2.10 bits per heavy atom. The quantitative estimate of drug-likeness (QED) is 0.301. The number of rotatable bonds is 14. The molecular weight excluding hydrogens is 542 g/mol. The molecule has 220 valence electrons. The first kappa shape index (κ1) is 31.5. The van der Waals surface area contributed by atoms with Crippen LogP contribution in [0.2, 0.25) is 0 Å². The van der Waals surface area contributed by atoms with Crippen molar-refractivity contribution in [2.45, 2.75) is 44.7 Å². The number of ether oxygens (including phenoxy) is 2. The molecule has 0 aliphatic heterocycles. The number of hydrogen-bond donors (Lipinski definition) is 1. The molecule has 0 aliphatic rings. The summed E-state index contributed by atoms with van der Waals surface area (Å²) in [6.45, 7) is 5.86. The van der Waals surface area contributed by atoms with Crippen molar-refractivity contribution in [3.63, 3.8) is 0 Å². The molecule has 0 saturated heterocycles. The fourth-order valence-corrected chi connectivity index (χ4v) is 5.77. The molecule has 3 rings (SSSR count). The summed E-state index contributed by atoms with van der Waals surface area (Å²) in [6, 6.07) is 21.1. The van der Waals surface area contributed by atoms with Gasteiger partial charge in [-0.05, 0) is 54.3 Å². The smallest absolute Gasteiger partial charge is 0.264 e. The molecule has 0 bridgehead atoms. The topological polar surface area (TPSA) is 105 Å².